The Morgan fingerprint density at radius 1 is 1.00 bits per heavy atom. The standard InChI is InChI=1S/C25H21N3O5/c1-32-23-10-6-19(7-11-23)16-27-25(29)21(15-26)14-18-4-12-24(13-5-18)33-17-20-2-8-22(9-3-20)28(30)31/h2-14H,16-17H2,1H3,(H,27,29)/b21-14-. The van der Waals surface area contributed by atoms with Gasteiger partial charge in [-0.15, -0.1) is 0 Å². The highest BCUT2D eigenvalue weighted by Gasteiger charge is 2.09. The van der Waals surface area contributed by atoms with E-state index in [9.17, 15) is 20.2 Å². The smallest absolute Gasteiger partial charge is 0.269 e. The summed E-state index contributed by atoms with van der Waals surface area (Å²) >= 11 is 0. The van der Waals surface area contributed by atoms with Crippen LogP contribution in [0.3, 0.4) is 0 Å². The largest absolute Gasteiger partial charge is 0.497 e. The molecule has 0 spiro atoms. The van der Waals surface area contributed by atoms with Crippen LogP contribution in [0.25, 0.3) is 6.08 Å². The van der Waals surface area contributed by atoms with Crippen molar-refractivity contribution in [3.63, 3.8) is 0 Å². The number of rotatable bonds is 9. The first-order valence-electron chi connectivity index (χ1n) is 9.97. The van der Waals surface area contributed by atoms with E-state index in [1.54, 1.807) is 55.6 Å². The van der Waals surface area contributed by atoms with Crippen molar-refractivity contribution in [2.45, 2.75) is 13.2 Å². The fourth-order valence-electron chi connectivity index (χ4n) is 2.88. The molecule has 1 N–H and O–H groups in total. The zero-order valence-corrected chi connectivity index (χ0v) is 17.9. The van der Waals surface area contributed by atoms with Crippen LogP contribution < -0.4 is 14.8 Å². The number of nitriles is 1. The van der Waals surface area contributed by atoms with E-state index in [-0.39, 0.29) is 24.4 Å². The van der Waals surface area contributed by atoms with Crippen LogP contribution in [0.2, 0.25) is 0 Å². The molecule has 1 amide bonds. The second-order valence-electron chi connectivity index (χ2n) is 6.98. The summed E-state index contributed by atoms with van der Waals surface area (Å²) in [4.78, 5) is 22.6. The van der Waals surface area contributed by atoms with Crippen LogP contribution in [0.4, 0.5) is 5.69 Å². The predicted molar refractivity (Wildman–Crippen MR) is 122 cm³/mol. The van der Waals surface area contributed by atoms with Crippen molar-refractivity contribution in [3.05, 3.63) is 105 Å². The van der Waals surface area contributed by atoms with Crippen molar-refractivity contribution in [2.75, 3.05) is 7.11 Å². The maximum absolute atomic E-state index is 12.4. The quantitative estimate of drug-likeness (QED) is 0.227. The number of nitrogens with one attached hydrogen (secondary N) is 1. The number of nitro benzene ring substituents is 1. The SMILES string of the molecule is COc1ccc(CNC(=O)/C(C#N)=C\c2ccc(OCc3ccc([N+](=O)[O-])cc3)cc2)cc1. The molecule has 0 atom stereocenters. The molecule has 166 valence electrons. The summed E-state index contributed by atoms with van der Waals surface area (Å²) in [5, 5.41) is 22.8. The first-order chi connectivity index (χ1) is 16.0. The van der Waals surface area contributed by atoms with Gasteiger partial charge in [-0.2, -0.15) is 5.26 Å². The summed E-state index contributed by atoms with van der Waals surface area (Å²) in [6.07, 6.45) is 1.50. The molecule has 0 aromatic heterocycles. The third-order valence-corrected chi connectivity index (χ3v) is 4.72. The molecule has 0 bridgehead atoms. The van der Waals surface area contributed by atoms with Crippen molar-refractivity contribution in [2.24, 2.45) is 0 Å². The van der Waals surface area contributed by atoms with Gasteiger partial charge in [-0.3, -0.25) is 14.9 Å². The van der Waals surface area contributed by atoms with Crippen molar-refractivity contribution in [3.8, 4) is 17.6 Å². The van der Waals surface area contributed by atoms with Crippen LogP contribution >= 0.6 is 0 Å². The van der Waals surface area contributed by atoms with Crippen molar-refractivity contribution >= 4 is 17.7 Å². The Bertz CT molecular complexity index is 1180. The van der Waals surface area contributed by atoms with E-state index in [1.165, 1.54) is 18.2 Å². The molecular formula is C25H21N3O5. The van der Waals surface area contributed by atoms with Gasteiger partial charge in [-0.05, 0) is 59.2 Å². The van der Waals surface area contributed by atoms with Gasteiger partial charge in [0.1, 0.15) is 29.7 Å². The minimum absolute atomic E-state index is 0.0111. The third-order valence-electron chi connectivity index (χ3n) is 4.72. The van der Waals surface area contributed by atoms with Crippen LogP contribution in [0.15, 0.2) is 78.4 Å². The fourth-order valence-corrected chi connectivity index (χ4v) is 2.88. The Morgan fingerprint density at radius 3 is 2.18 bits per heavy atom. The highest BCUT2D eigenvalue weighted by atomic mass is 16.6. The number of benzene rings is 3. The van der Waals surface area contributed by atoms with E-state index in [0.717, 1.165) is 16.9 Å². The van der Waals surface area contributed by atoms with E-state index in [4.69, 9.17) is 9.47 Å². The molecular weight excluding hydrogens is 422 g/mol. The first kappa shape index (κ1) is 23.0. The number of nitro groups is 1. The predicted octanol–water partition coefficient (Wildman–Crippen LogP) is 4.41. The maximum atomic E-state index is 12.4. The second kappa shape index (κ2) is 11.1. The fraction of sp³-hybridized carbons (Fsp3) is 0.120. The molecule has 0 saturated heterocycles. The average Bonchev–Trinajstić information content (AvgIpc) is 2.85. The van der Waals surface area contributed by atoms with Crippen LogP contribution in [0, 0.1) is 21.4 Å². The number of non-ortho nitro benzene ring substituents is 1. The molecule has 0 aliphatic rings. The number of hydrogen-bond acceptors (Lipinski definition) is 6. The molecule has 3 aromatic carbocycles. The van der Waals surface area contributed by atoms with Crippen LogP contribution in [0.1, 0.15) is 16.7 Å². The molecule has 0 fully saturated rings. The molecule has 0 aliphatic carbocycles. The van der Waals surface area contributed by atoms with Crippen molar-refractivity contribution < 1.29 is 19.2 Å². The molecule has 8 heteroatoms. The number of hydrogen-bond donors (Lipinski definition) is 1. The van der Waals surface area contributed by atoms with Crippen molar-refractivity contribution in [1.29, 1.82) is 5.26 Å². The Kier molecular flexibility index (Phi) is 7.76. The molecule has 0 heterocycles. The number of methoxy groups -OCH3 is 1. The number of carbonyl (C=O) groups is 1. The van der Waals surface area contributed by atoms with Crippen molar-refractivity contribution in [1.82, 2.24) is 5.32 Å². The summed E-state index contributed by atoms with van der Waals surface area (Å²) in [6, 6.07) is 22.2. The first-order valence-corrected chi connectivity index (χ1v) is 9.97. The lowest BCUT2D eigenvalue weighted by Gasteiger charge is -2.07. The Hall–Kier alpha value is -4.64. The van der Waals surface area contributed by atoms with Gasteiger partial charge in [0, 0.05) is 18.7 Å². The molecule has 0 radical (unpaired) electrons. The highest BCUT2D eigenvalue weighted by Crippen LogP contribution is 2.18. The lowest BCUT2D eigenvalue weighted by molar-refractivity contribution is -0.384. The molecule has 33 heavy (non-hydrogen) atoms. The number of nitrogens with zero attached hydrogens (tertiary/aromatic N) is 2. The van der Waals surface area contributed by atoms with E-state index in [0.29, 0.717) is 11.3 Å². The number of amides is 1. The molecule has 3 aromatic rings. The Morgan fingerprint density at radius 2 is 1.61 bits per heavy atom. The van der Waals surface area contributed by atoms with E-state index in [1.807, 2.05) is 18.2 Å². The highest BCUT2D eigenvalue weighted by molar-refractivity contribution is 6.01. The summed E-state index contributed by atoms with van der Waals surface area (Å²) in [5.41, 5.74) is 2.37. The maximum Gasteiger partial charge on any atom is 0.269 e. The van der Waals surface area contributed by atoms with Gasteiger partial charge in [0.25, 0.3) is 11.6 Å². The van der Waals surface area contributed by atoms with E-state index >= 15 is 0 Å². The van der Waals surface area contributed by atoms with Gasteiger partial charge in [-0.25, -0.2) is 0 Å². The Labute approximate surface area is 190 Å². The lowest BCUT2D eigenvalue weighted by Crippen LogP contribution is -2.23. The van der Waals surface area contributed by atoms with Gasteiger partial charge < -0.3 is 14.8 Å². The topological polar surface area (TPSA) is 114 Å². The number of carbonyl (C=O) groups excluding carboxylic acids is 1. The summed E-state index contributed by atoms with van der Waals surface area (Å²) in [6.45, 7) is 0.543. The third kappa shape index (κ3) is 6.67. The molecule has 8 nitrogen and oxygen atoms in total. The molecule has 0 saturated carbocycles. The Balaban J connectivity index is 1.56. The monoisotopic (exact) mass is 443 g/mol. The van der Waals surface area contributed by atoms with Crippen LogP contribution in [-0.4, -0.2) is 17.9 Å². The van der Waals surface area contributed by atoms with Crippen LogP contribution in [0.5, 0.6) is 11.5 Å². The number of ether oxygens (including phenoxy) is 2. The summed E-state index contributed by atoms with van der Waals surface area (Å²) in [5.74, 6) is 0.850. The zero-order chi connectivity index (χ0) is 23.6. The van der Waals surface area contributed by atoms with Gasteiger partial charge in [-0.1, -0.05) is 24.3 Å². The molecule has 0 unspecified atom stereocenters. The summed E-state index contributed by atoms with van der Waals surface area (Å²) in [7, 11) is 1.58. The molecule has 0 aliphatic heterocycles. The molecule has 3 rings (SSSR count). The van der Waals surface area contributed by atoms with Gasteiger partial charge in [0.2, 0.25) is 0 Å². The average molecular weight is 443 g/mol. The van der Waals surface area contributed by atoms with E-state index in [2.05, 4.69) is 5.32 Å². The zero-order valence-electron chi connectivity index (χ0n) is 17.9. The van der Waals surface area contributed by atoms with E-state index < -0.39 is 10.8 Å². The van der Waals surface area contributed by atoms with Gasteiger partial charge >= 0.3 is 0 Å². The van der Waals surface area contributed by atoms with Gasteiger partial charge in [0.15, 0.2) is 0 Å². The van der Waals surface area contributed by atoms with Gasteiger partial charge in [0.05, 0.1) is 12.0 Å². The normalized spacial score (nSPS) is 10.7. The minimum atomic E-state index is -0.466. The lowest BCUT2D eigenvalue weighted by atomic mass is 10.1. The minimum Gasteiger partial charge on any atom is -0.497 e. The summed E-state index contributed by atoms with van der Waals surface area (Å²) < 4.78 is 10.8. The second-order valence-corrected chi connectivity index (χ2v) is 6.98. The van der Waals surface area contributed by atoms with Crippen LogP contribution in [-0.2, 0) is 17.9 Å².